The maximum absolute atomic E-state index is 12.8. The van der Waals surface area contributed by atoms with Crippen molar-refractivity contribution < 1.29 is 14.3 Å². The number of nitrogens with one attached hydrogen (secondary N) is 1. The van der Waals surface area contributed by atoms with Crippen LogP contribution in [0.3, 0.4) is 0 Å². The molecule has 0 aliphatic heterocycles. The van der Waals surface area contributed by atoms with E-state index in [0.717, 1.165) is 54.3 Å². The number of aryl methyl sites for hydroxylation is 1. The van der Waals surface area contributed by atoms with E-state index in [4.69, 9.17) is 4.74 Å². The van der Waals surface area contributed by atoms with Gasteiger partial charge in [-0.3, -0.25) is 9.78 Å². The molecule has 1 atom stereocenters. The molecule has 0 radical (unpaired) electrons. The second kappa shape index (κ2) is 6.66. The van der Waals surface area contributed by atoms with Gasteiger partial charge in [0.25, 0.3) is 5.91 Å². The van der Waals surface area contributed by atoms with E-state index in [9.17, 15) is 14.9 Å². The molecule has 138 valence electrons. The molecule has 0 spiro atoms. The maximum atomic E-state index is 12.8. The number of carbonyl (C=O) groups is 2. The van der Waals surface area contributed by atoms with Crippen molar-refractivity contribution in [2.75, 3.05) is 6.61 Å². The lowest BCUT2D eigenvalue weighted by Gasteiger charge is -2.22. The quantitative estimate of drug-likeness (QED) is 0.825. The third kappa shape index (κ3) is 3.25. The van der Waals surface area contributed by atoms with Crippen LogP contribution in [0.4, 0.5) is 0 Å². The van der Waals surface area contributed by atoms with Gasteiger partial charge in [0.1, 0.15) is 5.54 Å². The molecule has 6 heteroatoms. The fourth-order valence-electron chi connectivity index (χ4n) is 3.86. The minimum absolute atomic E-state index is 0.176. The maximum Gasteiger partial charge on any atom is 0.339 e. The normalized spacial score (nSPS) is 17.6. The van der Waals surface area contributed by atoms with Crippen LogP contribution in [-0.4, -0.2) is 29.0 Å². The van der Waals surface area contributed by atoms with Crippen molar-refractivity contribution in [2.24, 2.45) is 5.92 Å². The lowest BCUT2D eigenvalue weighted by atomic mass is 9.98. The topological polar surface area (TPSA) is 92.1 Å². The molecule has 0 bridgehead atoms. The van der Waals surface area contributed by atoms with Crippen LogP contribution in [0.15, 0.2) is 24.3 Å². The fourth-order valence-corrected chi connectivity index (χ4v) is 3.86. The number of hydrogen-bond acceptors (Lipinski definition) is 5. The van der Waals surface area contributed by atoms with Gasteiger partial charge in [-0.2, -0.15) is 5.26 Å². The molecule has 1 heterocycles. The number of nitrogens with zero attached hydrogens (tertiary/aromatic N) is 2. The van der Waals surface area contributed by atoms with E-state index in [1.807, 2.05) is 24.3 Å². The summed E-state index contributed by atoms with van der Waals surface area (Å²) in [5.74, 6) is -0.782. The molecule has 1 fully saturated rings. The van der Waals surface area contributed by atoms with Crippen molar-refractivity contribution >= 4 is 22.8 Å². The van der Waals surface area contributed by atoms with Gasteiger partial charge in [-0.15, -0.1) is 0 Å². The average molecular weight is 363 g/mol. The molecule has 27 heavy (non-hydrogen) atoms. The largest absolute Gasteiger partial charge is 0.452 e. The van der Waals surface area contributed by atoms with Crippen LogP contribution in [0.1, 0.15) is 47.8 Å². The highest BCUT2D eigenvalue weighted by Crippen LogP contribution is 2.39. The molecule has 0 unspecified atom stereocenters. The lowest BCUT2D eigenvalue weighted by Crippen LogP contribution is -2.48. The Labute approximate surface area is 157 Å². The zero-order valence-electron chi connectivity index (χ0n) is 15.2. The van der Waals surface area contributed by atoms with E-state index in [-0.39, 0.29) is 5.92 Å². The van der Waals surface area contributed by atoms with Gasteiger partial charge in [-0.1, -0.05) is 18.2 Å². The molecular weight excluding hydrogens is 342 g/mol. The van der Waals surface area contributed by atoms with Crippen LogP contribution in [0.5, 0.6) is 0 Å². The number of rotatable bonds is 5. The Kier molecular flexibility index (Phi) is 4.31. The third-order valence-electron chi connectivity index (χ3n) is 5.48. The Balaban J connectivity index is 1.52. The predicted molar refractivity (Wildman–Crippen MR) is 98.9 cm³/mol. The van der Waals surface area contributed by atoms with E-state index in [1.54, 1.807) is 6.92 Å². The molecule has 1 aromatic heterocycles. The van der Waals surface area contributed by atoms with Crippen molar-refractivity contribution in [2.45, 2.75) is 44.6 Å². The van der Waals surface area contributed by atoms with Crippen molar-refractivity contribution in [1.82, 2.24) is 10.3 Å². The number of aromatic nitrogens is 1. The minimum Gasteiger partial charge on any atom is -0.452 e. The molecule has 2 aliphatic rings. The molecule has 0 saturated heterocycles. The smallest absolute Gasteiger partial charge is 0.339 e. The Morgan fingerprint density at radius 2 is 2.11 bits per heavy atom. The lowest BCUT2D eigenvalue weighted by molar-refractivity contribution is -0.125. The third-order valence-corrected chi connectivity index (χ3v) is 5.48. The van der Waals surface area contributed by atoms with Crippen LogP contribution in [0.2, 0.25) is 0 Å². The SMILES string of the molecule is C[C@](C#N)(NC(=O)COC(=O)c1c2c(nc3ccccc13)CCC2)C1CC1. The molecule has 2 aliphatic carbocycles. The Morgan fingerprint density at radius 3 is 2.85 bits per heavy atom. The van der Waals surface area contributed by atoms with Gasteiger partial charge in [0.05, 0.1) is 17.1 Å². The minimum atomic E-state index is -0.895. The molecule has 1 saturated carbocycles. The van der Waals surface area contributed by atoms with Crippen LogP contribution < -0.4 is 5.32 Å². The van der Waals surface area contributed by atoms with Gasteiger partial charge in [0.2, 0.25) is 0 Å². The summed E-state index contributed by atoms with van der Waals surface area (Å²) in [6.45, 7) is 1.32. The van der Waals surface area contributed by atoms with Gasteiger partial charge in [-0.25, -0.2) is 4.79 Å². The highest BCUT2D eigenvalue weighted by Gasteiger charge is 2.43. The second-order valence-electron chi connectivity index (χ2n) is 7.50. The van der Waals surface area contributed by atoms with E-state index < -0.39 is 24.0 Å². The molecule has 2 aromatic rings. The Hall–Kier alpha value is -2.94. The number of fused-ring (bicyclic) bond motifs is 2. The highest BCUT2D eigenvalue weighted by atomic mass is 16.5. The molecule has 1 amide bonds. The van der Waals surface area contributed by atoms with E-state index in [2.05, 4.69) is 16.4 Å². The number of pyridine rings is 1. The zero-order valence-corrected chi connectivity index (χ0v) is 15.2. The number of esters is 1. The second-order valence-corrected chi connectivity index (χ2v) is 7.50. The van der Waals surface area contributed by atoms with Crippen molar-refractivity contribution in [3.05, 3.63) is 41.1 Å². The summed E-state index contributed by atoms with van der Waals surface area (Å²) in [4.78, 5) is 29.7. The molecule has 1 N–H and O–H groups in total. The van der Waals surface area contributed by atoms with Gasteiger partial charge in [-0.05, 0) is 56.6 Å². The molecule has 1 aromatic carbocycles. The summed E-state index contributed by atoms with van der Waals surface area (Å²) in [5, 5.41) is 12.8. The Morgan fingerprint density at radius 1 is 1.33 bits per heavy atom. The van der Waals surface area contributed by atoms with Gasteiger partial charge >= 0.3 is 5.97 Å². The van der Waals surface area contributed by atoms with Crippen molar-refractivity contribution in [1.29, 1.82) is 5.26 Å². The summed E-state index contributed by atoms with van der Waals surface area (Å²) in [7, 11) is 0. The van der Waals surface area contributed by atoms with E-state index in [0.29, 0.717) is 5.56 Å². The summed E-state index contributed by atoms with van der Waals surface area (Å²) in [6.07, 6.45) is 4.46. The van der Waals surface area contributed by atoms with Crippen molar-refractivity contribution in [3.63, 3.8) is 0 Å². The van der Waals surface area contributed by atoms with Crippen molar-refractivity contribution in [3.8, 4) is 6.07 Å². The number of ether oxygens (including phenoxy) is 1. The first kappa shape index (κ1) is 17.5. The van der Waals surface area contributed by atoms with Gasteiger partial charge in [0.15, 0.2) is 6.61 Å². The van der Waals surface area contributed by atoms with E-state index >= 15 is 0 Å². The summed E-state index contributed by atoms with van der Waals surface area (Å²) in [6, 6.07) is 9.66. The van der Waals surface area contributed by atoms with Gasteiger partial charge < -0.3 is 10.1 Å². The number of amides is 1. The summed E-state index contributed by atoms with van der Waals surface area (Å²) in [5.41, 5.74) is 2.26. The summed E-state index contributed by atoms with van der Waals surface area (Å²) < 4.78 is 5.33. The molecule has 6 nitrogen and oxygen atoms in total. The van der Waals surface area contributed by atoms with Gasteiger partial charge in [0, 0.05) is 11.1 Å². The highest BCUT2D eigenvalue weighted by molar-refractivity contribution is 6.05. The van der Waals surface area contributed by atoms with Crippen LogP contribution in [0.25, 0.3) is 10.9 Å². The first-order valence-electron chi connectivity index (χ1n) is 9.32. The monoisotopic (exact) mass is 363 g/mol. The van der Waals surface area contributed by atoms with Crippen LogP contribution in [-0.2, 0) is 22.4 Å². The number of nitriles is 1. The van der Waals surface area contributed by atoms with Crippen LogP contribution in [0, 0.1) is 17.2 Å². The first-order valence-corrected chi connectivity index (χ1v) is 9.32. The zero-order chi connectivity index (χ0) is 19.0. The number of benzene rings is 1. The average Bonchev–Trinajstić information content (AvgIpc) is 3.43. The fraction of sp³-hybridized carbons (Fsp3) is 0.429. The van der Waals surface area contributed by atoms with E-state index in [1.165, 1.54) is 0 Å². The molecule has 4 rings (SSSR count). The Bertz CT molecular complexity index is 975. The standard InChI is InChI=1S/C21H21N3O3/c1-21(12-22,13-9-10-13)24-18(25)11-27-20(26)19-14-5-2-3-7-16(14)23-17-8-4-6-15(17)19/h2-3,5,7,13H,4,6,8-11H2,1H3,(H,24,25)/t21-/m1/s1. The van der Waals surface area contributed by atoms with Crippen LogP contribution >= 0.6 is 0 Å². The number of para-hydroxylation sites is 1. The first-order chi connectivity index (χ1) is 13.0. The summed E-state index contributed by atoms with van der Waals surface area (Å²) >= 11 is 0. The number of hydrogen-bond donors (Lipinski definition) is 1. The number of carbonyl (C=O) groups excluding carboxylic acids is 2. The predicted octanol–water partition coefficient (Wildman–Crippen LogP) is 2.69. The molecular formula is C21H21N3O3.